The molecule has 7 heteroatoms. The highest BCUT2D eigenvalue weighted by Crippen LogP contribution is 2.10. The van der Waals surface area contributed by atoms with Crippen molar-refractivity contribution in [2.75, 3.05) is 10.6 Å². The van der Waals surface area contributed by atoms with Crippen LogP contribution in [0.1, 0.15) is 16.1 Å². The quantitative estimate of drug-likeness (QED) is 0.798. The van der Waals surface area contributed by atoms with Gasteiger partial charge in [0.25, 0.3) is 0 Å². The summed E-state index contributed by atoms with van der Waals surface area (Å²) < 4.78 is 0. The zero-order chi connectivity index (χ0) is 15.2. The summed E-state index contributed by atoms with van der Waals surface area (Å²) >= 11 is 0. The van der Waals surface area contributed by atoms with E-state index in [4.69, 9.17) is 10.4 Å². The molecule has 104 valence electrons. The molecular formula is C14H10N4O3. The monoisotopic (exact) mass is 282 g/mol. The van der Waals surface area contributed by atoms with Gasteiger partial charge in [0, 0.05) is 5.69 Å². The Labute approximate surface area is 119 Å². The van der Waals surface area contributed by atoms with E-state index in [-0.39, 0.29) is 5.69 Å². The lowest BCUT2D eigenvalue weighted by molar-refractivity contribution is 0.0690. The van der Waals surface area contributed by atoms with Gasteiger partial charge in [0.15, 0.2) is 0 Å². The summed E-state index contributed by atoms with van der Waals surface area (Å²) in [6, 6.07) is 10.6. The van der Waals surface area contributed by atoms with E-state index in [1.165, 1.54) is 18.3 Å². The van der Waals surface area contributed by atoms with Gasteiger partial charge >= 0.3 is 12.0 Å². The highest BCUT2D eigenvalue weighted by Gasteiger charge is 2.06. The second-order valence-corrected chi connectivity index (χ2v) is 4.01. The highest BCUT2D eigenvalue weighted by atomic mass is 16.4. The van der Waals surface area contributed by atoms with Crippen molar-refractivity contribution in [2.45, 2.75) is 0 Å². The fraction of sp³-hybridized carbons (Fsp3) is 0. The first-order valence-corrected chi connectivity index (χ1v) is 5.86. The van der Waals surface area contributed by atoms with Gasteiger partial charge in [0.2, 0.25) is 0 Å². The zero-order valence-corrected chi connectivity index (χ0v) is 10.7. The van der Waals surface area contributed by atoms with Crippen molar-refractivity contribution < 1.29 is 14.7 Å². The molecule has 2 aromatic rings. The average Bonchev–Trinajstić information content (AvgIpc) is 2.48. The van der Waals surface area contributed by atoms with Gasteiger partial charge in [0.1, 0.15) is 5.69 Å². The number of hydrogen-bond acceptors (Lipinski definition) is 4. The number of anilines is 2. The Hall–Kier alpha value is -3.40. The number of nitrogens with zero attached hydrogens (tertiary/aromatic N) is 2. The number of carboxylic acids is 1. The summed E-state index contributed by atoms with van der Waals surface area (Å²) in [4.78, 5) is 26.0. The molecule has 2 amide bonds. The van der Waals surface area contributed by atoms with Gasteiger partial charge in [-0.25, -0.2) is 14.6 Å². The van der Waals surface area contributed by atoms with E-state index >= 15 is 0 Å². The Morgan fingerprint density at radius 2 is 1.67 bits per heavy atom. The van der Waals surface area contributed by atoms with Crippen LogP contribution in [0.5, 0.6) is 0 Å². The molecular weight excluding hydrogens is 272 g/mol. The van der Waals surface area contributed by atoms with E-state index < -0.39 is 12.0 Å². The first kappa shape index (κ1) is 14.0. The third-order valence-electron chi connectivity index (χ3n) is 2.51. The van der Waals surface area contributed by atoms with Gasteiger partial charge in [-0.1, -0.05) is 0 Å². The molecule has 3 N–H and O–H groups in total. The van der Waals surface area contributed by atoms with Crippen LogP contribution in [0.4, 0.5) is 16.2 Å². The van der Waals surface area contributed by atoms with Crippen LogP contribution in [0.25, 0.3) is 0 Å². The number of carboxylic acid groups (broad SMARTS) is 1. The van der Waals surface area contributed by atoms with Crippen molar-refractivity contribution in [1.82, 2.24) is 4.98 Å². The Bertz CT molecular complexity index is 702. The molecule has 0 saturated heterocycles. The summed E-state index contributed by atoms with van der Waals surface area (Å²) in [5.74, 6) is -1.14. The summed E-state index contributed by atoms with van der Waals surface area (Å²) in [5.41, 5.74) is 1.29. The lowest BCUT2D eigenvalue weighted by atomic mass is 10.2. The standard InChI is InChI=1S/C14H10N4O3/c15-7-9-1-3-10(4-2-9)17-14(21)18-11-5-6-12(13(19)20)16-8-11/h1-6,8H,(H,19,20)(H2,17,18,21). The fourth-order valence-corrected chi connectivity index (χ4v) is 1.52. The molecule has 0 unspecified atom stereocenters. The Morgan fingerprint density at radius 3 is 2.19 bits per heavy atom. The second kappa shape index (κ2) is 6.16. The second-order valence-electron chi connectivity index (χ2n) is 4.01. The Balaban J connectivity index is 1.97. The molecule has 0 aliphatic heterocycles. The van der Waals surface area contributed by atoms with Crippen molar-refractivity contribution in [3.63, 3.8) is 0 Å². The van der Waals surface area contributed by atoms with Crippen LogP contribution in [-0.2, 0) is 0 Å². The molecule has 2 rings (SSSR count). The van der Waals surface area contributed by atoms with Gasteiger partial charge in [-0.2, -0.15) is 5.26 Å². The maximum absolute atomic E-state index is 11.7. The first-order chi connectivity index (χ1) is 10.1. The van der Waals surface area contributed by atoms with Crippen molar-refractivity contribution in [3.05, 3.63) is 53.9 Å². The maximum Gasteiger partial charge on any atom is 0.354 e. The minimum atomic E-state index is -1.14. The predicted octanol–water partition coefficient (Wildman–Crippen LogP) is 2.30. The van der Waals surface area contributed by atoms with E-state index in [2.05, 4.69) is 15.6 Å². The largest absolute Gasteiger partial charge is 0.477 e. The summed E-state index contributed by atoms with van der Waals surface area (Å²) in [6.45, 7) is 0. The fourth-order valence-electron chi connectivity index (χ4n) is 1.52. The third kappa shape index (κ3) is 3.78. The SMILES string of the molecule is N#Cc1ccc(NC(=O)Nc2ccc(C(=O)O)nc2)cc1. The van der Waals surface area contributed by atoms with Crippen molar-refractivity contribution >= 4 is 23.4 Å². The number of nitriles is 1. The minimum Gasteiger partial charge on any atom is -0.477 e. The number of carbonyl (C=O) groups excluding carboxylic acids is 1. The van der Waals surface area contributed by atoms with Crippen LogP contribution >= 0.6 is 0 Å². The normalized spacial score (nSPS) is 9.48. The van der Waals surface area contributed by atoms with Crippen molar-refractivity contribution in [3.8, 4) is 6.07 Å². The van der Waals surface area contributed by atoms with E-state index in [1.807, 2.05) is 6.07 Å². The molecule has 21 heavy (non-hydrogen) atoms. The molecule has 0 atom stereocenters. The molecule has 0 radical (unpaired) electrons. The molecule has 0 saturated carbocycles. The maximum atomic E-state index is 11.7. The molecule has 1 aromatic carbocycles. The van der Waals surface area contributed by atoms with Crippen LogP contribution in [0, 0.1) is 11.3 Å². The van der Waals surface area contributed by atoms with Gasteiger partial charge in [-0.15, -0.1) is 0 Å². The van der Waals surface area contributed by atoms with Crippen LogP contribution in [-0.4, -0.2) is 22.1 Å². The number of nitrogens with one attached hydrogen (secondary N) is 2. The molecule has 0 bridgehead atoms. The number of urea groups is 1. The third-order valence-corrected chi connectivity index (χ3v) is 2.51. The molecule has 0 spiro atoms. The van der Waals surface area contributed by atoms with Gasteiger partial charge in [-0.3, -0.25) is 0 Å². The Kier molecular flexibility index (Phi) is 4.11. The lowest BCUT2D eigenvalue weighted by Gasteiger charge is -2.07. The molecule has 0 fully saturated rings. The summed E-state index contributed by atoms with van der Waals surface area (Å²) in [7, 11) is 0. The predicted molar refractivity (Wildman–Crippen MR) is 75.0 cm³/mol. The van der Waals surface area contributed by atoms with E-state index in [0.717, 1.165) is 0 Å². The molecule has 7 nitrogen and oxygen atoms in total. The molecule has 0 aliphatic carbocycles. The van der Waals surface area contributed by atoms with E-state index in [1.54, 1.807) is 24.3 Å². The molecule has 0 aliphatic rings. The molecule has 1 heterocycles. The van der Waals surface area contributed by atoms with Gasteiger partial charge in [0.05, 0.1) is 23.5 Å². The van der Waals surface area contributed by atoms with Gasteiger partial charge in [-0.05, 0) is 36.4 Å². The van der Waals surface area contributed by atoms with Crippen LogP contribution < -0.4 is 10.6 Å². The Morgan fingerprint density at radius 1 is 1.05 bits per heavy atom. The minimum absolute atomic E-state index is 0.104. The number of aromatic carboxylic acids is 1. The lowest BCUT2D eigenvalue weighted by Crippen LogP contribution is -2.19. The first-order valence-electron chi connectivity index (χ1n) is 5.86. The number of rotatable bonds is 3. The van der Waals surface area contributed by atoms with E-state index in [0.29, 0.717) is 16.9 Å². The number of amides is 2. The number of carbonyl (C=O) groups is 2. The summed E-state index contributed by atoms with van der Waals surface area (Å²) in [6.07, 6.45) is 1.25. The van der Waals surface area contributed by atoms with Crippen LogP contribution in [0.15, 0.2) is 42.6 Å². The van der Waals surface area contributed by atoms with Crippen molar-refractivity contribution in [1.29, 1.82) is 5.26 Å². The topological polar surface area (TPSA) is 115 Å². The smallest absolute Gasteiger partial charge is 0.354 e. The number of pyridine rings is 1. The van der Waals surface area contributed by atoms with Gasteiger partial charge < -0.3 is 15.7 Å². The van der Waals surface area contributed by atoms with E-state index in [9.17, 15) is 9.59 Å². The number of benzene rings is 1. The van der Waals surface area contributed by atoms with Crippen LogP contribution in [0.2, 0.25) is 0 Å². The highest BCUT2D eigenvalue weighted by molar-refractivity contribution is 5.99. The summed E-state index contributed by atoms with van der Waals surface area (Å²) in [5, 5.41) is 22.5. The van der Waals surface area contributed by atoms with Crippen molar-refractivity contribution in [2.24, 2.45) is 0 Å². The average molecular weight is 282 g/mol. The van der Waals surface area contributed by atoms with Crippen LogP contribution in [0.3, 0.4) is 0 Å². The zero-order valence-electron chi connectivity index (χ0n) is 10.7. The molecule has 1 aromatic heterocycles. The number of hydrogen-bond donors (Lipinski definition) is 3. The number of aromatic nitrogens is 1.